The van der Waals surface area contributed by atoms with Crippen LogP contribution in [0.25, 0.3) is 0 Å². The van der Waals surface area contributed by atoms with Crippen molar-refractivity contribution in [3.05, 3.63) is 35.9 Å². The molecule has 2 fully saturated rings. The molecule has 22 heavy (non-hydrogen) atoms. The summed E-state index contributed by atoms with van der Waals surface area (Å²) in [7, 11) is 0. The van der Waals surface area contributed by atoms with E-state index in [-0.39, 0.29) is 17.9 Å². The van der Waals surface area contributed by atoms with E-state index in [4.69, 9.17) is 0 Å². The Morgan fingerprint density at radius 1 is 1.09 bits per heavy atom. The lowest BCUT2D eigenvalue weighted by atomic mass is 9.72. The van der Waals surface area contributed by atoms with Gasteiger partial charge in [0.1, 0.15) is 0 Å². The van der Waals surface area contributed by atoms with Crippen molar-refractivity contribution >= 4 is 5.91 Å². The lowest BCUT2D eigenvalue weighted by molar-refractivity contribution is -0.130. The molecule has 0 atom stereocenters. The fourth-order valence-corrected chi connectivity index (χ4v) is 3.74. The third kappa shape index (κ3) is 4.10. The Bertz CT molecular complexity index is 473. The molecule has 0 spiro atoms. The van der Waals surface area contributed by atoms with Gasteiger partial charge in [-0.15, -0.1) is 0 Å². The van der Waals surface area contributed by atoms with Gasteiger partial charge in [-0.25, -0.2) is 0 Å². The molecule has 1 amide bonds. The third-order valence-electron chi connectivity index (χ3n) is 5.33. The molecule has 3 heteroatoms. The quantitative estimate of drug-likeness (QED) is 0.878. The zero-order valence-electron chi connectivity index (χ0n) is 13.2. The Morgan fingerprint density at radius 2 is 1.77 bits per heavy atom. The van der Waals surface area contributed by atoms with E-state index in [9.17, 15) is 9.90 Å². The Morgan fingerprint density at radius 3 is 2.45 bits per heavy atom. The summed E-state index contributed by atoms with van der Waals surface area (Å²) in [5.74, 6) is 1.19. The Kier molecular flexibility index (Phi) is 5.14. The van der Waals surface area contributed by atoms with Gasteiger partial charge < -0.3 is 10.4 Å². The van der Waals surface area contributed by atoms with Gasteiger partial charge in [-0.05, 0) is 62.8 Å². The number of carbonyl (C=O) groups is 1. The second-order valence-corrected chi connectivity index (χ2v) is 7.07. The number of aryl methyl sites for hydroxylation is 1. The molecule has 3 rings (SSSR count). The van der Waals surface area contributed by atoms with Gasteiger partial charge in [-0.1, -0.05) is 30.3 Å². The normalized spacial score (nSPS) is 31.3. The predicted molar refractivity (Wildman–Crippen MR) is 87.4 cm³/mol. The largest absolute Gasteiger partial charge is 0.393 e. The highest BCUT2D eigenvalue weighted by molar-refractivity contribution is 5.79. The summed E-state index contributed by atoms with van der Waals surface area (Å²) in [6.07, 6.45) is 7.78. The van der Waals surface area contributed by atoms with E-state index in [1.807, 2.05) is 0 Å². The van der Waals surface area contributed by atoms with Crippen molar-refractivity contribution in [3.8, 4) is 0 Å². The summed E-state index contributed by atoms with van der Waals surface area (Å²) in [5, 5.41) is 12.7. The smallest absolute Gasteiger partial charge is 0.223 e. The van der Waals surface area contributed by atoms with Crippen LogP contribution in [-0.4, -0.2) is 23.2 Å². The Hall–Kier alpha value is -1.35. The van der Waals surface area contributed by atoms with Gasteiger partial charge in [0.15, 0.2) is 0 Å². The summed E-state index contributed by atoms with van der Waals surface area (Å²) in [4.78, 5) is 12.2. The van der Waals surface area contributed by atoms with Gasteiger partial charge in [-0.2, -0.15) is 0 Å². The molecule has 2 N–H and O–H groups in total. The SMILES string of the molecule is O=C(NC1CCC(O)CC1)C1CC(CCc2ccccc2)C1. The van der Waals surface area contributed by atoms with Gasteiger partial charge in [0.05, 0.1) is 6.10 Å². The lowest BCUT2D eigenvalue weighted by Gasteiger charge is -2.36. The predicted octanol–water partition coefficient (Wildman–Crippen LogP) is 3.07. The molecular weight excluding hydrogens is 274 g/mol. The molecule has 0 unspecified atom stereocenters. The van der Waals surface area contributed by atoms with Crippen molar-refractivity contribution in [2.24, 2.45) is 11.8 Å². The third-order valence-corrected chi connectivity index (χ3v) is 5.33. The summed E-state index contributed by atoms with van der Waals surface area (Å²) in [5.41, 5.74) is 1.40. The van der Waals surface area contributed by atoms with Crippen LogP contribution >= 0.6 is 0 Å². The fraction of sp³-hybridized carbons (Fsp3) is 0.632. The Balaban J connectivity index is 1.33. The first-order valence-electron chi connectivity index (χ1n) is 8.73. The number of aliphatic hydroxyl groups excluding tert-OH is 1. The van der Waals surface area contributed by atoms with Gasteiger partial charge in [0.2, 0.25) is 5.91 Å². The van der Waals surface area contributed by atoms with Crippen LogP contribution in [0, 0.1) is 11.8 Å². The molecule has 2 aliphatic rings. The van der Waals surface area contributed by atoms with Crippen molar-refractivity contribution in [2.75, 3.05) is 0 Å². The molecule has 2 aliphatic carbocycles. The standard InChI is InChI=1S/C19H27NO2/c21-18-10-8-17(9-11-18)20-19(22)16-12-15(13-16)7-6-14-4-2-1-3-5-14/h1-5,15-18,21H,6-13H2,(H,20,22). The van der Waals surface area contributed by atoms with E-state index in [1.54, 1.807) is 0 Å². The lowest BCUT2D eigenvalue weighted by Crippen LogP contribution is -2.45. The molecule has 120 valence electrons. The van der Waals surface area contributed by atoms with Crippen molar-refractivity contribution in [1.29, 1.82) is 0 Å². The zero-order valence-corrected chi connectivity index (χ0v) is 13.2. The van der Waals surface area contributed by atoms with Crippen molar-refractivity contribution in [2.45, 2.75) is 63.5 Å². The average Bonchev–Trinajstić information content (AvgIpc) is 2.49. The maximum atomic E-state index is 12.2. The first-order chi connectivity index (χ1) is 10.7. The number of benzene rings is 1. The molecule has 0 radical (unpaired) electrons. The minimum Gasteiger partial charge on any atom is -0.393 e. The van der Waals surface area contributed by atoms with Gasteiger partial charge in [0.25, 0.3) is 0 Å². The van der Waals surface area contributed by atoms with Crippen LogP contribution in [0.4, 0.5) is 0 Å². The van der Waals surface area contributed by atoms with Gasteiger partial charge in [-0.3, -0.25) is 4.79 Å². The fourth-order valence-electron chi connectivity index (χ4n) is 3.74. The summed E-state index contributed by atoms with van der Waals surface area (Å²) in [6, 6.07) is 10.9. The number of hydrogen-bond donors (Lipinski definition) is 2. The van der Waals surface area contributed by atoms with Crippen molar-refractivity contribution in [3.63, 3.8) is 0 Å². The summed E-state index contributed by atoms with van der Waals surface area (Å²) in [6.45, 7) is 0. The number of hydrogen-bond acceptors (Lipinski definition) is 2. The number of amides is 1. The van der Waals surface area contributed by atoms with Crippen molar-refractivity contribution in [1.82, 2.24) is 5.32 Å². The van der Waals surface area contributed by atoms with Crippen LogP contribution < -0.4 is 5.32 Å². The summed E-state index contributed by atoms with van der Waals surface area (Å²) >= 11 is 0. The van der Waals surface area contributed by atoms with E-state index in [1.165, 1.54) is 12.0 Å². The first-order valence-corrected chi connectivity index (χ1v) is 8.73. The van der Waals surface area contributed by atoms with E-state index in [0.717, 1.165) is 44.9 Å². The van der Waals surface area contributed by atoms with Crippen molar-refractivity contribution < 1.29 is 9.90 Å². The first kappa shape index (κ1) is 15.5. The molecule has 0 heterocycles. The number of nitrogens with one attached hydrogen (secondary N) is 1. The molecule has 1 aromatic rings. The molecular formula is C19H27NO2. The average molecular weight is 301 g/mol. The topological polar surface area (TPSA) is 49.3 Å². The van der Waals surface area contributed by atoms with Crippen LogP contribution in [-0.2, 0) is 11.2 Å². The van der Waals surface area contributed by atoms with Crippen LogP contribution in [0.1, 0.15) is 50.5 Å². The van der Waals surface area contributed by atoms with Crippen LogP contribution in [0.3, 0.4) is 0 Å². The molecule has 0 aromatic heterocycles. The highest BCUT2D eigenvalue weighted by Gasteiger charge is 2.35. The highest BCUT2D eigenvalue weighted by Crippen LogP contribution is 2.37. The monoisotopic (exact) mass is 301 g/mol. The number of carbonyl (C=O) groups excluding carboxylic acids is 1. The minimum absolute atomic E-state index is 0.153. The maximum Gasteiger partial charge on any atom is 0.223 e. The van der Waals surface area contributed by atoms with E-state index in [0.29, 0.717) is 12.0 Å². The second-order valence-electron chi connectivity index (χ2n) is 7.07. The van der Waals surface area contributed by atoms with Gasteiger partial charge >= 0.3 is 0 Å². The van der Waals surface area contributed by atoms with E-state index < -0.39 is 0 Å². The molecule has 0 saturated heterocycles. The molecule has 0 bridgehead atoms. The molecule has 1 aromatic carbocycles. The molecule has 2 saturated carbocycles. The van der Waals surface area contributed by atoms with Gasteiger partial charge in [0, 0.05) is 12.0 Å². The second kappa shape index (κ2) is 7.28. The van der Waals surface area contributed by atoms with Crippen LogP contribution in [0.15, 0.2) is 30.3 Å². The van der Waals surface area contributed by atoms with E-state index >= 15 is 0 Å². The minimum atomic E-state index is -0.153. The van der Waals surface area contributed by atoms with Crippen LogP contribution in [0.5, 0.6) is 0 Å². The molecule has 0 aliphatic heterocycles. The highest BCUT2D eigenvalue weighted by atomic mass is 16.3. The zero-order chi connectivity index (χ0) is 15.4. The Labute approximate surface area is 133 Å². The van der Waals surface area contributed by atoms with Crippen LogP contribution in [0.2, 0.25) is 0 Å². The number of aliphatic hydroxyl groups is 1. The molecule has 3 nitrogen and oxygen atoms in total. The number of rotatable bonds is 5. The van der Waals surface area contributed by atoms with E-state index in [2.05, 4.69) is 35.6 Å². The summed E-state index contributed by atoms with van der Waals surface area (Å²) < 4.78 is 0. The maximum absolute atomic E-state index is 12.2.